The van der Waals surface area contributed by atoms with Crippen molar-refractivity contribution in [1.82, 2.24) is 16.0 Å². The number of nitrogens with one attached hydrogen (secondary N) is 2. The van der Waals surface area contributed by atoms with Gasteiger partial charge in [0.15, 0.2) is 0 Å². The Balaban J connectivity index is 1.53. The maximum atomic E-state index is 10.2. The Morgan fingerprint density at radius 2 is 1.56 bits per heavy atom. The van der Waals surface area contributed by atoms with Crippen LogP contribution in [0.15, 0.2) is 60.4 Å². The van der Waals surface area contributed by atoms with Gasteiger partial charge in [0.25, 0.3) is 0 Å². The smallest absolute Gasteiger partial charge is 0.119 e. The van der Waals surface area contributed by atoms with Gasteiger partial charge in [-0.05, 0) is 41.8 Å². The predicted molar refractivity (Wildman–Crippen MR) is 125 cm³/mol. The molecule has 32 heavy (non-hydrogen) atoms. The third-order valence-electron chi connectivity index (χ3n) is 5.61. The van der Waals surface area contributed by atoms with Gasteiger partial charge in [-0.1, -0.05) is 51.5 Å². The number of aliphatic hydroxyl groups is 2. The van der Waals surface area contributed by atoms with Crippen LogP contribution >= 0.6 is 0 Å². The molecule has 0 amide bonds. The molecule has 1 aliphatic rings. The number of aliphatic hydroxyl groups excluding tert-OH is 2. The second kappa shape index (κ2) is 11.2. The van der Waals surface area contributed by atoms with Gasteiger partial charge in [-0.3, -0.25) is 5.01 Å². The Hall–Kier alpha value is -2.74. The molecule has 1 heterocycles. The summed E-state index contributed by atoms with van der Waals surface area (Å²) in [7, 11) is 0. The van der Waals surface area contributed by atoms with E-state index in [0.29, 0.717) is 18.0 Å². The van der Waals surface area contributed by atoms with E-state index in [1.807, 2.05) is 24.3 Å². The average Bonchev–Trinajstić information content (AvgIpc) is 3.26. The second-order valence-corrected chi connectivity index (χ2v) is 8.54. The van der Waals surface area contributed by atoms with Gasteiger partial charge >= 0.3 is 0 Å². The molecule has 0 fully saturated rings. The molecule has 0 radical (unpaired) electrons. The quantitative estimate of drug-likeness (QED) is 0.377. The van der Waals surface area contributed by atoms with Crippen LogP contribution in [-0.2, 0) is 5.41 Å². The fourth-order valence-electron chi connectivity index (χ4n) is 3.48. The van der Waals surface area contributed by atoms with Crippen molar-refractivity contribution in [2.24, 2.45) is 0 Å². The summed E-state index contributed by atoms with van der Waals surface area (Å²) in [4.78, 5) is 0. The average molecular weight is 442 g/mol. The van der Waals surface area contributed by atoms with E-state index < -0.39 is 6.10 Å². The highest BCUT2D eigenvalue weighted by Crippen LogP contribution is 2.33. The number of hydrogen-bond donors (Lipinski definition) is 4. The summed E-state index contributed by atoms with van der Waals surface area (Å²) >= 11 is 0. The van der Waals surface area contributed by atoms with Crippen molar-refractivity contribution in [2.45, 2.75) is 45.1 Å². The first kappa shape index (κ1) is 23.9. The van der Waals surface area contributed by atoms with E-state index in [9.17, 15) is 5.11 Å². The van der Waals surface area contributed by atoms with Crippen LogP contribution in [-0.4, -0.2) is 47.7 Å². The molecule has 3 rings (SSSR count). The number of hydrazine groups is 2. The first-order chi connectivity index (χ1) is 15.4. The Kier molecular flexibility index (Phi) is 8.39. The van der Waals surface area contributed by atoms with E-state index in [0.717, 1.165) is 25.2 Å². The van der Waals surface area contributed by atoms with Gasteiger partial charge < -0.3 is 25.1 Å². The maximum absolute atomic E-state index is 10.2. The number of unbranched alkanes of at least 4 members (excludes halogenated alkanes) is 1. The van der Waals surface area contributed by atoms with Gasteiger partial charge in [0, 0.05) is 11.6 Å². The molecule has 1 aliphatic heterocycles. The molecule has 0 aromatic heterocycles. The van der Waals surface area contributed by atoms with Crippen molar-refractivity contribution >= 4 is 0 Å². The van der Waals surface area contributed by atoms with E-state index in [2.05, 4.69) is 56.0 Å². The van der Waals surface area contributed by atoms with Crippen LogP contribution in [0.5, 0.6) is 11.5 Å². The van der Waals surface area contributed by atoms with Crippen molar-refractivity contribution in [3.63, 3.8) is 0 Å². The van der Waals surface area contributed by atoms with Crippen LogP contribution in [0, 0.1) is 0 Å². The lowest BCUT2D eigenvalue weighted by Gasteiger charge is -2.26. The summed E-state index contributed by atoms with van der Waals surface area (Å²) in [6.45, 7) is 7.72. The number of hydrogen-bond acceptors (Lipinski definition) is 7. The first-order valence-electron chi connectivity index (χ1n) is 11.2. The van der Waals surface area contributed by atoms with Crippen LogP contribution in [0.2, 0.25) is 0 Å². The van der Waals surface area contributed by atoms with E-state index >= 15 is 0 Å². The van der Waals surface area contributed by atoms with Crippen molar-refractivity contribution in [2.75, 3.05) is 26.4 Å². The number of β-amino-alcohol motifs (C(OH)–C–C–N with tert-alkyl or cyclic N) is 1. The van der Waals surface area contributed by atoms with Crippen LogP contribution < -0.4 is 20.4 Å². The van der Waals surface area contributed by atoms with Crippen molar-refractivity contribution < 1.29 is 19.7 Å². The highest BCUT2D eigenvalue weighted by Gasteiger charge is 2.23. The summed E-state index contributed by atoms with van der Waals surface area (Å²) < 4.78 is 11.5. The monoisotopic (exact) mass is 441 g/mol. The van der Waals surface area contributed by atoms with Crippen LogP contribution in [0.1, 0.15) is 44.7 Å². The Labute approximate surface area is 190 Å². The van der Waals surface area contributed by atoms with Gasteiger partial charge in [0.2, 0.25) is 0 Å². The second-order valence-electron chi connectivity index (χ2n) is 8.54. The van der Waals surface area contributed by atoms with Crippen LogP contribution in [0.3, 0.4) is 0 Å². The molecule has 174 valence electrons. The zero-order valence-electron chi connectivity index (χ0n) is 19.2. The SMILES string of the molecule is CCCCOc1ccc(C(C)(C)c2ccc(OCC(O)CN3C=C(CO)NN3)cc2)cc1. The van der Waals surface area contributed by atoms with E-state index in [-0.39, 0.29) is 18.6 Å². The molecule has 2 aromatic carbocycles. The topological polar surface area (TPSA) is 86.2 Å². The number of nitrogens with zero attached hydrogens (tertiary/aromatic N) is 1. The molecular formula is C25H35N3O4. The standard InChI is InChI=1S/C25H35N3O4/c1-4-5-14-31-23-10-6-19(7-11-23)25(2,3)20-8-12-24(13-9-20)32-18-22(30)16-28-15-21(17-29)26-27-28/h6-13,15,22,26-27,29-30H,4-5,14,16-18H2,1-3H3. The third-order valence-corrected chi connectivity index (χ3v) is 5.61. The molecule has 0 spiro atoms. The Morgan fingerprint density at radius 3 is 2.09 bits per heavy atom. The van der Waals surface area contributed by atoms with Crippen molar-refractivity contribution in [3.8, 4) is 11.5 Å². The molecule has 0 aliphatic carbocycles. The molecule has 0 bridgehead atoms. The third kappa shape index (κ3) is 6.38. The molecule has 2 aromatic rings. The zero-order chi connectivity index (χ0) is 23.0. The number of rotatable bonds is 12. The molecule has 7 heteroatoms. The van der Waals surface area contributed by atoms with Gasteiger partial charge in [-0.2, -0.15) is 0 Å². The predicted octanol–water partition coefficient (Wildman–Crippen LogP) is 3.09. The summed E-state index contributed by atoms with van der Waals surface area (Å²) in [5, 5.41) is 21.0. The lowest BCUT2D eigenvalue weighted by atomic mass is 9.78. The minimum Gasteiger partial charge on any atom is -0.494 e. The van der Waals surface area contributed by atoms with Crippen LogP contribution in [0.4, 0.5) is 0 Å². The molecule has 0 saturated carbocycles. The molecule has 7 nitrogen and oxygen atoms in total. The van der Waals surface area contributed by atoms with Gasteiger partial charge in [0.1, 0.15) is 24.2 Å². The summed E-state index contributed by atoms with van der Waals surface area (Å²) in [5.74, 6) is 1.62. The fraction of sp³-hybridized carbons (Fsp3) is 0.440. The molecule has 0 saturated heterocycles. The molecule has 4 N–H and O–H groups in total. The number of ether oxygens (including phenoxy) is 2. The van der Waals surface area contributed by atoms with Gasteiger partial charge in [0.05, 0.1) is 25.5 Å². The number of benzene rings is 2. The van der Waals surface area contributed by atoms with Crippen LogP contribution in [0.25, 0.3) is 0 Å². The van der Waals surface area contributed by atoms with E-state index in [1.165, 1.54) is 11.1 Å². The summed E-state index contributed by atoms with van der Waals surface area (Å²) in [6.07, 6.45) is 3.21. The summed E-state index contributed by atoms with van der Waals surface area (Å²) in [6, 6.07) is 16.3. The largest absolute Gasteiger partial charge is 0.494 e. The van der Waals surface area contributed by atoms with Crippen molar-refractivity contribution in [3.05, 3.63) is 71.6 Å². The van der Waals surface area contributed by atoms with Crippen molar-refractivity contribution in [1.29, 1.82) is 0 Å². The molecular weight excluding hydrogens is 406 g/mol. The first-order valence-corrected chi connectivity index (χ1v) is 11.2. The summed E-state index contributed by atoms with van der Waals surface area (Å²) in [5.41, 5.74) is 8.54. The minimum absolute atomic E-state index is 0.0876. The fourth-order valence-corrected chi connectivity index (χ4v) is 3.48. The van der Waals surface area contributed by atoms with E-state index in [4.69, 9.17) is 14.6 Å². The minimum atomic E-state index is -0.687. The van der Waals surface area contributed by atoms with Gasteiger partial charge in [-0.15, -0.1) is 5.53 Å². The van der Waals surface area contributed by atoms with E-state index in [1.54, 1.807) is 11.2 Å². The highest BCUT2D eigenvalue weighted by molar-refractivity contribution is 5.41. The Morgan fingerprint density at radius 1 is 0.969 bits per heavy atom. The maximum Gasteiger partial charge on any atom is 0.119 e. The Bertz CT molecular complexity index is 866. The molecule has 1 atom stereocenters. The zero-order valence-corrected chi connectivity index (χ0v) is 19.2. The lowest BCUT2D eigenvalue weighted by molar-refractivity contribution is 0.0687. The highest BCUT2D eigenvalue weighted by atomic mass is 16.5. The normalized spacial score (nSPS) is 14.7. The molecule has 1 unspecified atom stereocenters. The van der Waals surface area contributed by atoms with Gasteiger partial charge in [-0.25, -0.2) is 0 Å². The lowest BCUT2D eigenvalue weighted by Crippen LogP contribution is -2.42.